The van der Waals surface area contributed by atoms with Crippen LogP contribution in [0.1, 0.15) is 50.7 Å². The van der Waals surface area contributed by atoms with Crippen LogP contribution in [0, 0.1) is 5.82 Å². The molecule has 3 aromatic carbocycles. The third-order valence-electron chi connectivity index (χ3n) is 7.75. The summed E-state index contributed by atoms with van der Waals surface area (Å²) in [7, 11) is 0. The van der Waals surface area contributed by atoms with Gasteiger partial charge in [-0.25, -0.2) is 4.39 Å². The summed E-state index contributed by atoms with van der Waals surface area (Å²) in [6.07, 6.45) is 3.68. The molecule has 3 amide bonds. The van der Waals surface area contributed by atoms with Crippen molar-refractivity contribution in [3.05, 3.63) is 125 Å². The van der Waals surface area contributed by atoms with Crippen LogP contribution < -0.4 is 15.5 Å². The third-order valence-corrected chi connectivity index (χ3v) is 7.75. The first-order valence-corrected chi connectivity index (χ1v) is 15.0. The van der Waals surface area contributed by atoms with Gasteiger partial charge in [0.25, 0.3) is 11.8 Å². The molecule has 3 N–H and O–H groups in total. The van der Waals surface area contributed by atoms with Crippen molar-refractivity contribution in [2.45, 2.75) is 25.3 Å². The Morgan fingerprint density at radius 3 is 2.39 bits per heavy atom. The van der Waals surface area contributed by atoms with Gasteiger partial charge in [-0.15, -0.1) is 0 Å². The number of aliphatic carboxylic acids is 1. The molecule has 1 unspecified atom stereocenters. The molecule has 236 valence electrons. The zero-order chi connectivity index (χ0) is 32.5. The summed E-state index contributed by atoms with van der Waals surface area (Å²) >= 11 is 0. The highest BCUT2D eigenvalue weighted by atomic mass is 19.1. The van der Waals surface area contributed by atoms with E-state index in [4.69, 9.17) is 0 Å². The van der Waals surface area contributed by atoms with Crippen LogP contribution in [-0.2, 0) is 16.0 Å². The van der Waals surface area contributed by atoms with Gasteiger partial charge in [0.2, 0.25) is 5.91 Å². The second-order valence-electron chi connectivity index (χ2n) is 11.0. The lowest BCUT2D eigenvalue weighted by atomic mass is 10.0. The maximum Gasteiger partial charge on any atom is 0.305 e. The lowest BCUT2D eigenvalue weighted by molar-refractivity contribution is -0.137. The van der Waals surface area contributed by atoms with Crippen molar-refractivity contribution in [3.8, 4) is 0 Å². The van der Waals surface area contributed by atoms with E-state index in [1.807, 2.05) is 40.1 Å². The van der Waals surface area contributed by atoms with Gasteiger partial charge in [-0.2, -0.15) is 0 Å². The van der Waals surface area contributed by atoms with Gasteiger partial charge in [0, 0.05) is 49.7 Å². The number of carbonyl (C=O) groups is 4. The zero-order valence-electron chi connectivity index (χ0n) is 25.1. The minimum absolute atomic E-state index is 0.0317. The highest BCUT2D eigenvalue weighted by Crippen LogP contribution is 2.30. The predicted molar refractivity (Wildman–Crippen MR) is 171 cm³/mol. The topological polar surface area (TPSA) is 132 Å². The summed E-state index contributed by atoms with van der Waals surface area (Å²) in [5, 5.41) is 15.1. The number of carboxylic acid groups (broad SMARTS) is 1. The molecule has 1 atom stereocenters. The molecule has 0 saturated carbocycles. The van der Waals surface area contributed by atoms with Crippen LogP contribution in [0.2, 0.25) is 0 Å². The molecular weight excluding hydrogens is 589 g/mol. The van der Waals surface area contributed by atoms with Gasteiger partial charge in [0.05, 0.1) is 30.3 Å². The van der Waals surface area contributed by atoms with E-state index >= 15 is 0 Å². The quantitative estimate of drug-likeness (QED) is 0.233. The third kappa shape index (κ3) is 8.32. The Morgan fingerprint density at radius 2 is 1.65 bits per heavy atom. The molecule has 0 aliphatic carbocycles. The number of nitrogens with one attached hydrogen (secondary N) is 2. The number of halogens is 1. The summed E-state index contributed by atoms with van der Waals surface area (Å²) in [4.78, 5) is 59.2. The van der Waals surface area contributed by atoms with E-state index < -0.39 is 29.6 Å². The number of hydrogen-bond donors (Lipinski definition) is 3. The van der Waals surface area contributed by atoms with Gasteiger partial charge in [0.1, 0.15) is 5.82 Å². The van der Waals surface area contributed by atoms with Crippen molar-refractivity contribution in [3.63, 3.8) is 0 Å². The molecule has 1 aromatic heterocycles. The fourth-order valence-electron chi connectivity index (χ4n) is 5.42. The fourth-order valence-corrected chi connectivity index (χ4v) is 5.42. The minimum atomic E-state index is -1.09. The maximum atomic E-state index is 13.9. The number of rotatable bonds is 10. The van der Waals surface area contributed by atoms with Crippen LogP contribution >= 0.6 is 0 Å². The van der Waals surface area contributed by atoms with Gasteiger partial charge in [-0.3, -0.25) is 24.2 Å². The minimum Gasteiger partial charge on any atom is -0.481 e. The molecule has 11 heteroatoms. The van der Waals surface area contributed by atoms with Crippen molar-refractivity contribution >= 4 is 35.1 Å². The molecule has 0 bridgehead atoms. The summed E-state index contributed by atoms with van der Waals surface area (Å²) in [5.41, 5.74) is 2.72. The number of pyridine rings is 1. The number of anilines is 2. The van der Waals surface area contributed by atoms with E-state index in [2.05, 4.69) is 15.6 Å². The molecule has 0 radical (unpaired) electrons. The van der Waals surface area contributed by atoms with Crippen LogP contribution in [0.3, 0.4) is 0 Å². The lowest BCUT2D eigenvalue weighted by Gasteiger charge is -2.27. The van der Waals surface area contributed by atoms with Crippen LogP contribution in [0.4, 0.5) is 15.8 Å². The molecule has 1 aliphatic heterocycles. The summed E-state index contributed by atoms with van der Waals surface area (Å²) in [6.45, 7) is 2.11. The van der Waals surface area contributed by atoms with Gasteiger partial charge in [0.15, 0.2) is 0 Å². The largest absolute Gasteiger partial charge is 0.481 e. The number of benzene rings is 3. The van der Waals surface area contributed by atoms with E-state index in [1.54, 1.807) is 30.5 Å². The van der Waals surface area contributed by atoms with Gasteiger partial charge < -0.3 is 25.5 Å². The first-order chi connectivity index (χ1) is 22.3. The molecular formula is C35H34FN5O5. The number of hydrogen-bond acceptors (Lipinski definition) is 6. The normalized spacial score (nSPS) is 13.8. The van der Waals surface area contributed by atoms with Gasteiger partial charge in [-0.05, 0) is 60.0 Å². The predicted octanol–water partition coefficient (Wildman–Crippen LogP) is 4.70. The highest BCUT2D eigenvalue weighted by Gasteiger charge is 2.24. The van der Waals surface area contributed by atoms with Crippen LogP contribution in [-0.4, -0.2) is 64.9 Å². The molecule has 10 nitrogen and oxygen atoms in total. The summed E-state index contributed by atoms with van der Waals surface area (Å²) < 4.78 is 13.9. The molecule has 46 heavy (non-hydrogen) atoms. The molecule has 0 spiro atoms. The first kappa shape index (κ1) is 31.8. The van der Waals surface area contributed by atoms with E-state index in [9.17, 15) is 28.7 Å². The number of amides is 3. The van der Waals surface area contributed by atoms with Crippen LogP contribution in [0.25, 0.3) is 0 Å². The number of nitrogens with zero attached hydrogens (tertiary/aromatic N) is 3. The van der Waals surface area contributed by atoms with Crippen molar-refractivity contribution in [1.82, 2.24) is 15.2 Å². The van der Waals surface area contributed by atoms with Crippen molar-refractivity contribution in [1.29, 1.82) is 0 Å². The standard InChI is InChI=1S/C35H34FN5O5/c36-28-11-4-9-25(20-28)34(45)39-30-21-26(35(46)38-29(22-33(43)44)27-10-5-14-37-23-27)12-13-31(30)40-15-6-16-41(18-17-40)32(42)19-24-7-2-1-3-8-24/h1-5,7-14,20-21,23,29H,6,15-19,22H2,(H,38,46)(H,39,45)(H,43,44). The maximum absolute atomic E-state index is 13.9. The number of carboxylic acids is 1. The smallest absolute Gasteiger partial charge is 0.305 e. The second-order valence-corrected chi connectivity index (χ2v) is 11.0. The van der Waals surface area contributed by atoms with Gasteiger partial charge in [-0.1, -0.05) is 42.5 Å². The van der Waals surface area contributed by atoms with E-state index in [-0.39, 0.29) is 23.5 Å². The van der Waals surface area contributed by atoms with Crippen molar-refractivity contribution < 1.29 is 28.7 Å². The second kappa shape index (κ2) is 14.9. The van der Waals surface area contributed by atoms with Crippen molar-refractivity contribution in [2.75, 3.05) is 36.4 Å². The molecule has 1 saturated heterocycles. The Kier molecular flexibility index (Phi) is 10.3. The van der Waals surface area contributed by atoms with E-state index in [1.165, 1.54) is 30.5 Å². The molecule has 1 aliphatic rings. The zero-order valence-corrected chi connectivity index (χ0v) is 25.1. The van der Waals surface area contributed by atoms with E-state index in [0.717, 1.165) is 11.6 Å². The Morgan fingerprint density at radius 1 is 0.848 bits per heavy atom. The molecule has 5 rings (SSSR count). The van der Waals surface area contributed by atoms with Crippen LogP contribution in [0.15, 0.2) is 97.3 Å². The first-order valence-electron chi connectivity index (χ1n) is 15.0. The monoisotopic (exact) mass is 623 g/mol. The van der Waals surface area contributed by atoms with Crippen LogP contribution in [0.5, 0.6) is 0 Å². The van der Waals surface area contributed by atoms with Gasteiger partial charge >= 0.3 is 5.97 Å². The molecule has 1 fully saturated rings. The summed E-state index contributed by atoms with van der Waals surface area (Å²) in [6, 6.07) is 22.2. The Labute approximate surface area is 265 Å². The molecule has 4 aromatic rings. The average Bonchev–Trinajstić information content (AvgIpc) is 3.31. The SMILES string of the molecule is O=C(O)CC(NC(=O)c1ccc(N2CCCN(C(=O)Cc3ccccc3)CC2)c(NC(=O)c2cccc(F)c2)c1)c1cccnc1. The van der Waals surface area contributed by atoms with E-state index in [0.29, 0.717) is 56.0 Å². The highest BCUT2D eigenvalue weighted by molar-refractivity contribution is 6.07. The average molecular weight is 624 g/mol. The number of carbonyl (C=O) groups excluding carboxylic acids is 3. The summed E-state index contributed by atoms with van der Waals surface area (Å²) in [5.74, 6) is -2.73. The Bertz CT molecular complexity index is 1700. The van der Waals surface area contributed by atoms with Crippen molar-refractivity contribution in [2.24, 2.45) is 0 Å². The molecule has 2 heterocycles. The Balaban J connectivity index is 1.39. The Hall–Kier alpha value is -5.58. The lowest BCUT2D eigenvalue weighted by Crippen LogP contribution is -2.36. The fraction of sp³-hybridized carbons (Fsp3) is 0.229. The number of aromatic nitrogens is 1.